The summed E-state index contributed by atoms with van der Waals surface area (Å²) in [5, 5.41) is 16.8. The highest BCUT2D eigenvalue weighted by Crippen LogP contribution is 2.37. The Morgan fingerprint density at radius 1 is 1.28 bits per heavy atom. The monoisotopic (exact) mass is 394 g/mol. The van der Waals surface area contributed by atoms with Crippen LogP contribution in [0.3, 0.4) is 0 Å². The van der Waals surface area contributed by atoms with E-state index in [2.05, 4.69) is 38.3 Å². The summed E-state index contributed by atoms with van der Waals surface area (Å²) in [6.45, 7) is 4.26. The van der Waals surface area contributed by atoms with Crippen molar-refractivity contribution >= 4 is 16.9 Å². The smallest absolute Gasteiger partial charge is 0.243 e. The number of nitrogens with zero attached hydrogens (tertiary/aromatic N) is 7. The van der Waals surface area contributed by atoms with Crippen molar-refractivity contribution in [1.29, 1.82) is 0 Å². The number of pyridine rings is 1. The average Bonchev–Trinajstić information content (AvgIpc) is 3.47. The summed E-state index contributed by atoms with van der Waals surface area (Å²) < 4.78 is 14.8. The molecular weight excluding hydrogens is 372 g/mol. The average molecular weight is 394 g/mol. The molecule has 1 N–H and O–H groups in total. The van der Waals surface area contributed by atoms with Crippen LogP contribution in [0.15, 0.2) is 30.6 Å². The summed E-state index contributed by atoms with van der Waals surface area (Å²) in [5.41, 5.74) is 2.62. The van der Waals surface area contributed by atoms with Crippen molar-refractivity contribution in [3.05, 3.63) is 30.6 Å². The summed E-state index contributed by atoms with van der Waals surface area (Å²) >= 11 is 0. The number of aromatic nitrogens is 7. The van der Waals surface area contributed by atoms with E-state index in [0.717, 1.165) is 29.0 Å². The van der Waals surface area contributed by atoms with Crippen molar-refractivity contribution in [3.63, 3.8) is 0 Å². The van der Waals surface area contributed by atoms with Crippen molar-refractivity contribution in [3.8, 4) is 23.0 Å². The standard InChI is InChI=1S/C19H22N8O2/c1-12-11-29-9-8-26(12)16-10-13(14-4-7-21-25(14)2)17-18(22-16)27(24-19(17)28-3)15-5-6-20-23-15/h4-7,10,12H,8-9,11H2,1-3H3,(H,20,23)/t12-/m1/s1. The molecule has 4 aromatic rings. The highest BCUT2D eigenvalue weighted by molar-refractivity contribution is 5.98. The number of aryl methyl sites for hydroxylation is 1. The maximum absolute atomic E-state index is 5.62. The van der Waals surface area contributed by atoms with Crippen molar-refractivity contribution in [1.82, 2.24) is 34.7 Å². The molecule has 4 aromatic heterocycles. The van der Waals surface area contributed by atoms with E-state index in [-0.39, 0.29) is 6.04 Å². The van der Waals surface area contributed by atoms with E-state index in [0.29, 0.717) is 30.6 Å². The molecule has 10 heteroatoms. The van der Waals surface area contributed by atoms with Crippen LogP contribution in [0.1, 0.15) is 6.92 Å². The number of ether oxygens (including phenoxy) is 2. The van der Waals surface area contributed by atoms with Crippen LogP contribution in [0.25, 0.3) is 28.1 Å². The number of rotatable bonds is 4. The number of fused-ring (bicyclic) bond motifs is 1. The van der Waals surface area contributed by atoms with Crippen LogP contribution in [0, 0.1) is 0 Å². The van der Waals surface area contributed by atoms with Gasteiger partial charge in [-0.1, -0.05) is 0 Å². The molecule has 5 rings (SSSR count). The lowest BCUT2D eigenvalue weighted by Gasteiger charge is -2.34. The second-order valence-electron chi connectivity index (χ2n) is 7.05. The highest BCUT2D eigenvalue weighted by atomic mass is 16.5. The minimum Gasteiger partial charge on any atom is -0.479 e. The first-order chi connectivity index (χ1) is 14.2. The zero-order chi connectivity index (χ0) is 20.0. The number of anilines is 1. The first kappa shape index (κ1) is 17.7. The minimum absolute atomic E-state index is 0.221. The van der Waals surface area contributed by atoms with Gasteiger partial charge in [0.15, 0.2) is 11.5 Å². The van der Waals surface area contributed by atoms with Crippen molar-refractivity contribution in [2.45, 2.75) is 13.0 Å². The lowest BCUT2D eigenvalue weighted by Crippen LogP contribution is -2.44. The Morgan fingerprint density at radius 3 is 2.86 bits per heavy atom. The molecule has 0 aliphatic carbocycles. The first-order valence-electron chi connectivity index (χ1n) is 9.47. The second kappa shape index (κ2) is 6.89. The highest BCUT2D eigenvalue weighted by Gasteiger charge is 2.26. The maximum atomic E-state index is 5.62. The van der Waals surface area contributed by atoms with Gasteiger partial charge in [0.2, 0.25) is 5.88 Å². The topological polar surface area (TPSA) is 98.9 Å². The Bertz CT molecular complexity index is 1150. The molecule has 1 aliphatic rings. The number of morpholine rings is 1. The van der Waals surface area contributed by atoms with Gasteiger partial charge in [0.25, 0.3) is 0 Å². The summed E-state index contributed by atoms with van der Waals surface area (Å²) in [4.78, 5) is 7.25. The van der Waals surface area contributed by atoms with E-state index < -0.39 is 0 Å². The summed E-state index contributed by atoms with van der Waals surface area (Å²) in [6.07, 6.45) is 3.47. The predicted octanol–water partition coefficient (Wildman–Crippen LogP) is 1.78. The van der Waals surface area contributed by atoms with Gasteiger partial charge >= 0.3 is 0 Å². The zero-order valence-corrected chi connectivity index (χ0v) is 16.5. The van der Waals surface area contributed by atoms with Crippen LogP contribution in [0.5, 0.6) is 5.88 Å². The molecule has 0 radical (unpaired) electrons. The largest absolute Gasteiger partial charge is 0.479 e. The number of nitrogens with one attached hydrogen (secondary N) is 1. The van der Waals surface area contributed by atoms with Gasteiger partial charge in [-0.25, -0.2) is 4.98 Å². The van der Waals surface area contributed by atoms with Gasteiger partial charge in [0, 0.05) is 31.4 Å². The van der Waals surface area contributed by atoms with Crippen LogP contribution in [0.4, 0.5) is 5.82 Å². The molecular formula is C19H22N8O2. The Labute approximate surface area is 167 Å². The van der Waals surface area contributed by atoms with Gasteiger partial charge < -0.3 is 14.4 Å². The van der Waals surface area contributed by atoms with Gasteiger partial charge in [-0.15, -0.1) is 5.10 Å². The molecule has 1 aliphatic heterocycles. The summed E-state index contributed by atoms with van der Waals surface area (Å²) in [5.74, 6) is 2.08. The Balaban J connectivity index is 1.82. The van der Waals surface area contributed by atoms with E-state index in [4.69, 9.17) is 14.5 Å². The number of hydrogen-bond donors (Lipinski definition) is 1. The number of methoxy groups -OCH3 is 1. The van der Waals surface area contributed by atoms with Gasteiger partial charge in [-0.3, -0.25) is 9.78 Å². The lowest BCUT2D eigenvalue weighted by molar-refractivity contribution is 0.0985. The van der Waals surface area contributed by atoms with E-state index in [1.165, 1.54) is 0 Å². The number of aromatic amines is 1. The van der Waals surface area contributed by atoms with Crippen LogP contribution in [-0.2, 0) is 11.8 Å². The fourth-order valence-electron chi connectivity index (χ4n) is 3.80. The van der Waals surface area contributed by atoms with E-state index >= 15 is 0 Å². The Morgan fingerprint density at radius 2 is 2.17 bits per heavy atom. The first-order valence-corrected chi connectivity index (χ1v) is 9.47. The lowest BCUT2D eigenvalue weighted by atomic mass is 10.1. The van der Waals surface area contributed by atoms with Crippen molar-refractivity contribution in [2.75, 3.05) is 31.8 Å². The van der Waals surface area contributed by atoms with E-state index in [1.54, 1.807) is 24.2 Å². The fourth-order valence-corrected chi connectivity index (χ4v) is 3.80. The quantitative estimate of drug-likeness (QED) is 0.563. The minimum atomic E-state index is 0.221. The molecule has 0 amide bonds. The zero-order valence-electron chi connectivity index (χ0n) is 16.5. The molecule has 0 saturated carbocycles. The SMILES string of the molecule is COc1nn(-c2ccn[nH]2)c2nc(N3CCOC[C@H]3C)cc(-c3ccnn3C)c12. The normalized spacial score (nSPS) is 17.2. The molecule has 1 fully saturated rings. The van der Waals surface area contributed by atoms with Crippen LogP contribution in [0.2, 0.25) is 0 Å². The van der Waals surface area contributed by atoms with E-state index in [1.807, 2.05) is 23.9 Å². The van der Waals surface area contributed by atoms with Gasteiger partial charge in [0.05, 0.1) is 43.6 Å². The molecule has 0 unspecified atom stereocenters. The van der Waals surface area contributed by atoms with Crippen molar-refractivity contribution in [2.24, 2.45) is 7.05 Å². The predicted molar refractivity (Wildman–Crippen MR) is 107 cm³/mol. The molecule has 0 aromatic carbocycles. The molecule has 1 atom stereocenters. The van der Waals surface area contributed by atoms with Gasteiger partial charge in [-0.2, -0.15) is 14.9 Å². The molecule has 0 spiro atoms. The maximum Gasteiger partial charge on any atom is 0.243 e. The van der Waals surface area contributed by atoms with Crippen LogP contribution < -0.4 is 9.64 Å². The molecule has 10 nitrogen and oxygen atoms in total. The summed E-state index contributed by atoms with van der Waals surface area (Å²) in [6, 6.07) is 6.14. The molecule has 5 heterocycles. The fraction of sp³-hybridized carbons (Fsp3) is 0.368. The van der Waals surface area contributed by atoms with Gasteiger partial charge in [-0.05, 0) is 19.1 Å². The number of H-pyrrole nitrogens is 1. The van der Waals surface area contributed by atoms with Crippen LogP contribution in [-0.4, -0.2) is 67.7 Å². The molecule has 1 saturated heterocycles. The number of hydrogen-bond acceptors (Lipinski definition) is 7. The van der Waals surface area contributed by atoms with Crippen molar-refractivity contribution < 1.29 is 9.47 Å². The Hall–Kier alpha value is -3.40. The Kier molecular flexibility index (Phi) is 4.20. The molecule has 29 heavy (non-hydrogen) atoms. The molecule has 150 valence electrons. The summed E-state index contributed by atoms with van der Waals surface area (Å²) in [7, 11) is 3.54. The van der Waals surface area contributed by atoms with E-state index in [9.17, 15) is 0 Å². The third-order valence-corrected chi connectivity index (χ3v) is 5.26. The second-order valence-corrected chi connectivity index (χ2v) is 7.05. The molecule has 0 bridgehead atoms. The van der Waals surface area contributed by atoms with Gasteiger partial charge in [0.1, 0.15) is 5.82 Å². The third-order valence-electron chi connectivity index (χ3n) is 5.26. The van der Waals surface area contributed by atoms with Crippen LogP contribution >= 0.6 is 0 Å². The third kappa shape index (κ3) is 2.83.